The van der Waals surface area contributed by atoms with Gasteiger partial charge in [0.25, 0.3) is 0 Å². The number of ether oxygens (including phenoxy) is 2. The summed E-state index contributed by atoms with van der Waals surface area (Å²) in [4.78, 5) is 35.4. The van der Waals surface area contributed by atoms with Crippen LogP contribution in [0.2, 0.25) is 0 Å². The van der Waals surface area contributed by atoms with Gasteiger partial charge in [-0.3, -0.25) is 18.6 Å². The molecule has 2 unspecified atom stereocenters. The zero-order valence-electron chi connectivity index (χ0n) is 38.2. The average molecular weight is 849 g/mol. The maximum absolute atomic E-state index is 12.7. The van der Waals surface area contributed by atoms with E-state index in [1.807, 2.05) is 21.1 Å². The van der Waals surface area contributed by atoms with Gasteiger partial charge in [-0.05, 0) is 83.5 Å². The fourth-order valence-electron chi connectivity index (χ4n) is 5.86. The first-order chi connectivity index (χ1) is 28.5. The van der Waals surface area contributed by atoms with Crippen molar-refractivity contribution in [3.05, 3.63) is 72.9 Å². The molecule has 1 N–H and O–H groups in total. The van der Waals surface area contributed by atoms with Gasteiger partial charge < -0.3 is 18.9 Å². The quantitative estimate of drug-likeness (QED) is 0.0213. The van der Waals surface area contributed by atoms with Crippen LogP contribution in [-0.4, -0.2) is 74.9 Å². The predicted molar refractivity (Wildman–Crippen MR) is 247 cm³/mol. The van der Waals surface area contributed by atoms with Gasteiger partial charge in [-0.15, -0.1) is 0 Å². The SMILES string of the molecule is CC/C=C\C/C=C\C/C=C\C/C=C\CCCCCCC(=O)OC(COC(=O)CCCCCCCCC/C=C\C/C=C\CCCCCC)COP(=O)(O)OCC[N+](C)(C)C. The third kappa shape index (κ3) is 44.8. The van der Waals surface area contributed by atoms with Crippen molar-refractivity contribution < 1.29 is 42.1 Å². The number of phosphoric acid groups is 1. The molecule has 0 aromatic carbocycles. The maximum atomic E-state index is 12.7. The number of hydrogen-bond acceptors (Lipinski definition) is 7. The van der Waals surface area contributed by atoms with Gasteiger partial charge in [-0.2, -0.15) is 0 Å². The lowest BCUT2D eigenvalue weighted by atomic mass is 10.1. The summed E-state index contributed by atoms with van der Waals surface area (Å²) in [6, 6.07) is 0. The van der Waals surface area contributed by atoms with E-state index >= 15 is 0 Å². The summed E-state index contributed by atoms with van der Waals surface area (Å²) in [7, 11) is 1.44. The fourth-order valence-corrected chi connectivity index (χ4v) is 6.60. The van der Waals surface area contributed by atoms with Gasteiger partial charge in [0.1, 0.15) is 19.8 Å². The standard InChI is InChI=1S/C49H86NO8P/c1-6-8-10-12-14-16-18-20-22-24-26-27-29-31-33-35-37-39-41-48(51)55-45-47(46-57-59(53,54)56-44-43-50(3,4)5)58-49(52)42-40-38-36-34-32-30-28-25-23-21-19-17-15-13-11-9-7-2/h9,11,15-18,21-24,28,30,47H,6-8,10,12-14,19-20,25-27,29,31-46H2,1-5H3/p+1/b11-9-,17-15-,18-16-,23-21-,24-22-,30-28-. The highest BCUT2D eigenvalue weighted by atomic mass is 31.2. The zero-order valence-corrected chi connectivity index (χ0v) is 39.1. The molecule has 0 bridgehead atoms. The Morgan fingerprint density at radius 3 is 1.44 bits per heavy atom. The van der Waals surface area contributed by atoms with Crippen molar-refractivity contribution in [3.63, 3.8) is 0 Å². The normalized spacial score (nSPS) is 14.2. The molecule has 10 heteroatoms. The van der Waals surface area contributed by atoms with Gasteiger partial charge in [-0.25, -0.2) is 4.57 Å². The first-order valence-electron chi connectivity index (χ1n) is 23.2. The molecule has 0 spiro atoms. The third-order valence-corrected chi connectivity index (χ3v) is 10.5. The number of hydrogen-bond donors (Lipinski definition) is 1. The Hall–Kier alpha value is -2.55. The molecule has 2 atom stereocenters. The van der Waals surface area contributed by atoms with Crippen molar-refractivity contribution >= 4 is 19.8 Å². The summed E-state index contributed by atoms with van der Waals surface area (Å²) in [6.45, 7) is 4.24. The smallest absolute Gasteiger partial charge is 0.462 e. The van der Waals surface area contributed by atoms with Crippen molar-refractivity contribution in [2.45, 2.75) is 180 Å². The van der Waals surface area contributed by atoms with Gasteiger partial charge in [0.05, 0.1) is 27.7 Å². The Labute approximate surface area is 361 Å². The van der Waals surface area contributed by atoms with Crippen LogP contribution >= 0.6 is 7.82 Å². The minimum absolute atomic E-state index is 0.0216. The number of esters is 2. The lowest BCUT2D eigenvalue weighted by Gasteiger charge is -2.24. The summed E-state index contributed by atoms with van der Waals surface area (Å²) in [5.41, 5.74) is 0. The van der Waals surface area contributed by atoms with Crippen LogP contribution in [0.25, 0.3) is 0 Å². The zero-order chi connectivity index (χ0) is 43.6. The number of nitrogens with zero attached hydrogens (tertiary/aromatic N) is 1. The van der Waals surface area contributed by atoms with Gasteiger partial charge in [-0.1, -0.05) is 151 Å². The number of phosphoric ester groups is 1. The minimum atomic E-state index is -4.39. The summed E-state index contributed by atoms with van der Waals surface area (Å²) in [6.07, 6.45) is 50.9. The second-order valence-electron chi connectivity index (χ2n) is 16.4. The highest BCUT2D eigenvalue weighted by Crippen LogP contribution is 2.43. The number of carbonyl (C=O) groups is 2. The lowest BCUT2D eigenvalue weighted by molar-refractivity contribution is -0.870. The molecule has 59 heavy (non-hydrogen) atoms. The minimum Gasteiger partial charge on any atom is -0.462 e. The van der Waals surface area contributed by atoms with Crippen LogP contribution in [0.3, 0.4) is 0 Å². The van der Waals surface area contributed by atoms with Crippen LogP contribution < -0.4 is 0 Å². The molecule has 0 saturated heterocycles. The average Bonchev–Trinajstić information content (AvgIpc) is 3.19. The van der Waals surface area contributed by atoms with Gasteiger partial charge in [0, 0.05) is 12.8 Å². The van der Waals surface area contributed by atoms with E-state index in [9.17, 15) is 19.0 Å². The Morgan fingerprint density at radius 1 is 0.542 bits per heavy atom. The van der Waals surface area contributed by atoms with Gasteiger partial charge >= 0.3 is 19.8 Å². The molecule has 0 fully saturated rings. The molecule has 0 rings (SSSR count). The molecule has 0 aromatic rings. The van der Waals surface area contributed by atoms with Crippen molar-refractivity contribution in [3.8, 4) is 0 Å². The van der Waals surface area contributed by atoms with E-state index in [0.29, 0.717) is 17.4 Å². The van der Waals surface area contributed by atoms with E-state index in [2.05, 4.69) is 86.8 Å². The second kappa shape index (κ2) is 40.8. The highest BCUT2D eigenvalue weighted by molar-refractivity contribution is 7.47. The Kier molecular flexibility index (Phi) is 39.1. The van der Waals surface area contributed by atoms with Crippen molar-refractivity contribution in [2.24, 2.45) is 0 Å². The summed E-state index contributed by atoms with van der Waals surface area (Å²) in [5.74, 6) is -0.840. The molecule has 0 radical (unpaired) electrons. The predicted octanol–water partition coefficient (Wildman–Crippen LogP) is 13.4. The van der Waals surface area contributed by atoms with Gasteiger partial charge in [0.15, 0.2) is 6.10 Å². The Morgan fingerprint density at radius 2 is 0.966 bits per heavy atom. The number of carbonyl (C=O) groups excluding carboxylic acids is 2. The molecular weight excluding hydrogens is 762 g/mol. The van der Waals surface area contributed by atoms with Crippen molar-refractivity contribution in [1.29, 1.82) is 0 Å². The van der Waals surface area contributed by atoms with Gasteiger partial charge in [0.2, 0.25) is 0 Å². The van der Waals surface area contributed by atoms with E-state index in [1.165, 1.54) is 51.4 Å². The first-order valence-corrected chi connectivity index (χ1v) is 24.7. The number of unbranched alkanes of at least 4 members (excludes halogenated alkanes) is 15. The first kappa shape index (κ1) is 56.5. The van der Waals surface area contributed by atoms with E-state index in [4.69, 9.17) is 18.5 Å². The van der Waals surface area contributed by atoms with Crippen molar-refractivity contribution in [2.75, 3.05) is 47.5 Å². The molecule has 9 nitrogen and oxygen atoms in total. The number of allylic oxidation sites excluding steroid dienone is 12. The van der Waals surface area contributed by atoms with Crippen LogP contribution in [0, 0.1) is 0 Å². The molecule has 340 valence electrons. The van der Waals surface area contributed by atoms with E-state index in [1.54, 1.807) is 0 Å². The maximum Gasteiger partial charge on any atom is 0.472 e. The van der Waals surface area contributed by atoms with Crippen LogP contribution in [0.5, 0.6) is 0 Å². The number of rotatable bonds is 41. The topological polar surface area (TPSA) is 108 Å². The molecule has 0 aliphatic rings. The van der Waals surface area contributed by atoms with Crippen LogP contribution in [0.1, 0.15) is 174 Å². The van der Waals surface area contributed by atoms with Crippen LogP contribution in [0.15, 0.2) is 72.9 Å². The molecule has 0 saturated carbocycles. The van der Waals surface area contributed by atoms with Crippen LogP contribution in [0.4, 0.5) is 0 Å². The summed E-state index contributed by atoms with van der Waals surface area (Å²) >= 11 is 0. The summed E-state index contributed by atoms with van der Waals surface area (Å²) < 4.78 is 34.3. The largest absolute Gasteiger partial charge is 0.472 e. The fraction of sp³-hybridized carbons (Fsp3) is 0.714. The number of likely N-dealkylation sites (N-methyl/N-ethyl adjacent to an activating group) is 1. The third-order valence-electron chi connectivity index (χ3n) is 9.47. The van der Waals surface area contributed by atoms with E-state index in [0.717, 1.165) is 89.9 Å². The molecule has 0 aliphatic heterocycles. The number of quaternary nitrogens is 1. The molecule has 0 aliphatic carbocycles. The van der Waals surface area contributed by atoms with Crippen molar-refractivity contribution in [1.82, 2.24) is 0 Å². The monoisotopic (exact) mass is 849 g/mol. The second-order valence-corrected chi connectivity index (χ2v) is 17.9. The van der Waals surface area contributed by atoms with E-state index < -0.39 is 26.5 Å². The highest BCUT2D eigenvalue weighted by Gasteiger charge is 2.27. The molecule has 0 heterocycles. The van der Waals surface area contributed by atoms with Crippen LogP contribution in [-0.2, 0) is 32.7 Å². The lowest BCUT2D eigenvalue weighted by Crippen LogP contribution is -2.37. The summed E-state index contributed by atoms with van der Waals surface area (Å²) in [5, 5.41) is 0. The molecular formula is C49H87NO8P+. The molecule has 0 aromatic heterocycles. The Balaban J connectivity index is 4.40. The molecule has 0 amide bonds. The van der Waals surface area contributed by atoms with E-state index in [-0.39, 0.29) is 32.0 Å². The Bertz CT molecular complexity index is 1230.